The van der Waals surface area contributed by atoms with Gasteiger partial charge in [0.2, 0.25) is 15.9 Å². The predicted molar refractivity (Wildman–Crippen MR) is 106 cm³/mol. The van der Waals surface area contributed by atoms with Gasteiger partial charge < -0.3 is 11.1 Å². The number of carbonyl (C=O) groups is 2. The molecule has 0 spiro atoms. The number of halogens is 1. The molecule has 9 heteroatoms. The molecule has 0 aliphatic rings. The Kier molecular flexibility index (Phi) is 6.45. The summed E-state index contributed by atoms with van der Waals surface area (Å²) in [7, 11) is -3.79. The van der Waals surface area contributed by atoms with E-state index in [9.17, 15) is 18.0 Å². The van der Waals surface area contributed by atoms with Crippen LogP contribution in [0.5, 0.6) is 0 Å². The zero-order valence-corrected chi connectivity index (χ0v) is 16.4. The number of sulfonamides is 1. The van der Waals surface area contributed by atoms with Crippen LogP contribution in [0.15, 0.2) is 48.5 Å². The Morgan fingerprint density at radius 2 is 1.85 bits per heavy atom. The van der Waals surface area contributed by atoms with Crippen LogP contribution in [0, 0.1) is 0 Å². The van der Waals surface area contributed by atoms with Crippen LogP contribution in [-0.4, -0.2) is 32.5 Å². The first kappa shape index (κ1) is 20.7. The van der Waals surface area contributed by atoms with Gasteiger partial charge in [-0.2, -0.15) is 0 Å². The van der Waals surface area contributed by atoms with Crippen molar-refractivity contribution in [1.82, 2.24) is 0 Å². The van der Waals surface area contributed by atoms with Gasteiger partial charge in [0.25, 0.3) is 5.91 Å². The molecule has 7 nitrogen and oxygen atoms in total. The van der Waals surface area contributed by atoms with Crippen molar-refractivity contribution in [3.8, 4) is 0 Å². The van der Waals surface area contributed by atoms with Crippen LogP contribution in [-0.2, 0) is 14.8 Å². The summed E-state index contributed by atoms with van der Waals surface area (Å²) in [6.07, 6.45) is 1.21. The Bertz CT molecular complexity index is 963. The predicted octanol–water partition coefficient (Wildman–Crippen LogP) is 2.62. The van der Waals surface area contributed by atoms with Gasteiger partial charge >= 0.3 is 0 Å². The molecule has 2 aromatic rings. The van der Waals surface area contributed by atoms with Gasteiger partial charge in [-0.3, -0.25) is 13.9 Å². The molecule has 0 aliphatic carbocycles. The van der Waals surface area contributed by atoms with E-state index >= 15 is 0 Å². The number of amides is 2. The Morgan fingerprint density at radius 1 is 1.19 bits per heavy atom. The SMILES string of the molecule is CCC(C(=O)Nc1ccccc1C(N)=O)N(c1cccc(Cl)c1)S(C)(=O)=O. The Morgan fingerprint density at radius 3 is 2.41 bits per heavy atom. The molecule has 2 amide bonds. The lowest BCUT2D eigenvalue weighted by atomic mass is 10.1. The van der Waals surface area contributed by atoms with Crippen molar-refractivity contribution in [1.29, 1.82) is 0 Å². The van der Waals surface area contributed by atoms with Crippen molar-refractivity contribution in [3.05, 3.63) is 59.1 Å². The number of nitrogens with two attached hydrogens (primary N) is 1. The van der Waals surface area contributed by atoms with Crippen molar-refractivity contribution in [3.63, 3.8) is 0 Å². The van der Waals surface area contributed by atoms with Crippen LogP contribution in [0.1, 0.15) is 23.7 Å². The fraction of sp³-hybridized carbons (Fsp3) is 0.222. The third kappa shape index (κ3) is 4.99. The number of primary amides is 1. The molecule has 27 heavy (non-hydrogen) atoms. The maximum absolute atomic E-state index is 12.9. The topological polar surface area (TPSA) is 110 Å². The number of carbonyl (C=O) groups excluding carboxylic acids is 2. The maximum Gasteiger partial charge on any atom is 0.250 e. The number of nitrogens with zero attached hydrogens (tertiary/aromatic N) is 1. The van der Waals surface area contributed by atoms with Crippen molar-refractivity contribution in [2.24, 2.45) is 5.73 Å². The minimum Gasteiger partial charge on any atom is -0.366 e. The summed E-state index contributed by atoms with van der Waals surface area (Å²) in [5, 5.41) is 2.94. The van der Waals surface area contributed by atoms with Gasteiger partial charge in [-0.15, -0.1) is 0 Å². The van der Waals surface area contributed by atoms with Crippen LogP contribution in [0.25, 0.3) is 0 Å². The van der Waals surface area contributed by atoms with Gasteiger partial charge in [0.05, 0.1) is 23.2 Å². The number of hydrogen-bond donors (Lipinski definition) is 2. The highest BCUT2D eigenvalue weighted by molar-refractivity contribution is 7.92. The average molecular weight is 410 g/mol. The summed E-state index contributed by atoms with van der Waals surface area (Å²) in [5.41, 5.74) is 5.95. The van der Waals surface area contributed by atoms with Gasteiger partial charge in [-0.05, 0) is 36.8 Å². The average Bonchev–Trinajstić information content (AvgIpc) is 2.58. The number of rotatable bonds is 7. The number of para-hydroxylation sites is 1. The van der Waals surface area contributed by atoms with Crippen molar-refractivity contribution < 1.29 is 18.0 Å². The number of benzene rings is 2. The molecule has 2 aromatic carbocycles. The zero-order valence-electron chi connectivity index (χ0n) is 14.8. The number of hydrogen-bond acceptors (Lipinski definition) is 4. The number of nitrogens with one attached hydrogen (secondary N) is 1. The first-order chi connectivity index (χ1) is 12.6. The normalized spacial score (nSPS) is 12.3. The molecule has 0 heterocycles. The van der Waals surface area contributed by atoms with Crippen LogP contribution >= 0.6 is 11.6 Å². The van der Waals surface area contributed by atoms with E-state index in [-0.39, 0.29) is 23.4 Å². The quantitative estimate of drug-likeness (QED) is 0.732. The van der Waals surface area contributed by atoms with Gasteiger partial charge in [0.15, 0.2) is 0 Å². The molecule has 144 valence electrons. The van der Waals surface area contributed by atoms with E-state index in [0.717, 1.165) is 10.6 Å². The second kappa shape index (κ2) is 8.41. The molecule has 2 rings (SSSR count). The standard InChI is InChI=1S/C18H20ClN3O4S/c1-3-16(18(24)21-15-10-5-4-9-14(15)17(20)23)22(27(2,25)26)13-8-6-7-12(19)11-13/h4-11,16H,3H2,1-2H3,(H2,20,23)(H,21,24). The molecule has 0 aromatic heterocycles. The summed E-state index contributed by atoms with van der Waals surface area (Å²) >= 11 is 5.98. The molecule has 0 aliphatic heterocycles. The molecular weight excluding hydrogens is 390 g/mol. The third-order valence-electron chi connectivity index (χ3n) is 3.84. The first-order valence-corrected chi connectivity index (χ1v) is 10.3. The largest absolute Gasteiger partial charge is 0.366 e. The molecule has 0 saturated heterocycles. The second-order valence-corrected chi connectivity index (χ2v) is 8.16. The molecule has 3 N–H and O–H groups in total. The van der Waals surface area contributed by atoms with Gasteiger partial charge in [-0.25, -0.2) is 8.42 Å². The summed E-state index contributed by atoms with van der Waals surface area (Å²) in [6.45, 7) is 1.69. The Balaban J connectivity index is 2.43. The smallest absolute Gasteiger partial charge is 0.250 e. The highest BCUT2D eigenvalue weighted by Gasteiger charge is 2.32. The molecule has 0 bridgehead atoms. The lowest BCUT2D eigenvalue weighted by Gasteiger charge is -2.30. The molecule has 1 unspecified atom stereocenters. The van der Waals surface area contributed by atoms with E-state index in [0.29, 0.717) is 5.02 Å². The third-order valence-corrected chi connectivity index (χ3v) is 5.26. The molecular formula is C18H20ClN3O4S. The van der Waals surface area contributed by atoms with E-state index in [1.807, 2.05) is 0 Å². The lowest BCUT2D eigenvalue weighted by Crippen LogP contribution is -2.47. The highest BCUT2D eigenvalue weighted by atomic mass is 35.5. The number of anilines is 2. The summed E-state index contributed by atoms with van der Waals surface area (Å²) in [4.78, 5) is 24.4. The van der Waals surface area contributed by atoms with Crippen LogP contribution in [0.4, 0.5) is 11.4 Å². The van der Waals surface area contributed by atoms with E-state index in [2.05, 4.69) is 5.32 Å². The molecule has 0 radical (unpaired) electrons. The van der Waals surface area contributed by atoms with E-state index in [4.69, 9.17) is 17.3 Å². The zero-order chi connectivity index (χ0) is 20.2. The van der Waals surface area contributed by atoms with Gasteiger partial charge in [0.1, 0.15) is 6.04 Å². The van der Waals surface area contributed by atoms with Crippen LogP contribution in [0.3, 0.4) is 0 Å². The van der Waals surface area contributed by atoms with Gasteiger partial charge in [0, 0.05) is 5.02 Å². The fourth-order valence-corrected chi connectivity index (χ4v) is 4.08. The van der Waals surface area contributed by atoms with E-state index in [1.54, 1.807) is 37.3 Å². The minimum atomic E-state index is -3.79. The highest BCUT2D eigenvalue weighted by Crippen LogP contribution is 2.26. The van der Waals surface area contributed by atoms with Crippen LogP contribution < -0.4 is 15.4 Å². The summed E-state index contributed by atoms with van der Waals surface area (Å²) in [6, 6.07) is 11.4. The monoisotopic (exact) mass is 409 g/mol. The lowest BCUT2D eigenvalue weighted by molar-refractivity contribution is -0.117. The molecule has 0 fully saturated rings. The maximum atomic E-state index is 12.9. The van der Waals surface area contributed by atoms with Crippen molar-refractivity contribution >= 4 is 44.8 Å². The minimum absolute atomic E-state index is 0.134. The van der Waals surface area contributed by atoms with Crippen molar-refractivity contribution in [2.75, 3.05) is 15.9 Å². The summed E-state index contributed by atoms with van der Waals surface area (Å²) in [5.74, 6) is -1.29. The van der Waals surface area contributed by atoms with Gasteiger partial charge in [-0.1, -0.05) is 36.7 Å². The van der Waals surface area contributed by atoms with E-state index in [1.165, 1.54) is 18.2 Å². The summed E-state index contributed by atoms with van der Waals surface area (Å²) < 4.78 is 25.8. The molecule has 0 saturated carbocycles. The molecule has 1 atom stereocenters. The Labute approximate surface area is 163 Å². The Hall–Kier alpha value is -2.58. The van der Waals surface area contributed by atoms with Crippen molar-refractivity contribution in [2.45, 2.75) is 19.4 Å². The first-order valence-electron chi connectivity index (χ1n) is 8.09. The van der Waals surface area contributed by atoms with Crippen LogP contribution in [0.2, 0.25) is 5.02 Å². The second-order valence-electron chi connectivity index (χ2n) is 5.86. The fourth-order valence-electron chi connectivity index (χ4n) is 2.70. The van der Waals surface area contributed by atoms with E-state index < -0.39 is 27.9 Å².